The minimum Gasteiger partial charge on any atom is -0.480 e. The first-order valence-corrected chi connectivity index (χ1v) is 9.27. The van der Waals surface area contributed by atoms with Gasteiger partial charge in [0.1, 0.15) is 17.4 Å². The first kappa shape index (κ1) is 20.7. The standard InChI is InChI=1S/C19H14Br2N2O4/c20-15-7-13(8-16(21)18(15)27-11-17(24)25)6-14(9-22)19(26)23-10-12-4-2-1-3-5-12/h1-8H,10-11H2,(H,23,26)(H,24,25)/b14-6-. The van der Waals surface area contributed by atoms with Crippen LogP contribution in [0.3, 0.4) is 0 Å². The largest absolute Gasteiger partial charge is 0.480 e. The third kappa shape index (κ3) is 6.24. The quantitative estimate of drug-likeness (QED) is 0.450. The molecule has 0 radical (unpaired) electrons. The molecule has 2 N–H and O–H groups in total. The number of ether oxygens (including phenoxy) is 1. The van der Waals surface area contributed by atoms with Crippen molar-refractivity contribution in [1.82, 2.24) is 5.32 Å². The smallest absolute Gasteiger partial charge is 0.341 e. The lowest BCUT2D eigenvalue weighted by atomic mass is 10.1. The van der Waals surface area contributed by atoms with Crippen LogP contribution in [-0.4, -0.2) is 23.6 Å². The number of hydrogen-bond donors (Lipinski definition) is 2. The van der Waals surface area contributed by atoms with Gasteiger partial charge in [0, 0.05) is 6.54 Å². The molecule has 0 heterocycles. The molecular formula is C19H14Br2N2O4. The molecule has 2 rings (SSSR count). The van der Waals surface area contributed by atoms with Gasteiger partial charge in [-0.1, -0.05) is 30.3 Å². The fourth-order valence-corrected chi connectivity index (χ4v) is 3.57. The van der Waals surface area contributed by atoms with Gasteiger partial charge in [-0.2, -0.15) is 5.26 Å². The van der Waals surface area contributed by atoms with E-state index in [9.17, 15) is 14.9 Å². The van der Waals surface area contributed by atoms with Gasteiger partial charge in [-0.15, -0.1) is 0 Å². The van der Waals surface area contributed by atoms with Crippen molar-refractivity contribution in [2.24, 2.45) is 0 Å². The minimum absolute atomic E-state index is 0.0519. The highest BCUT2D eigenvalue weighted by molar-refractivity contribution is 9.11. The summed E-state index contributed by atoms with van der Waals surface area (Å²) in [4.78, 5) is 22.9. The number of halogens is 2. The first-order chi connectivity index (χ1) is 12.9. The zero-order valence-electron chi connectivity index (χ0n) is 13.9. The maximum absolute atomic E-state index is 12.3. The summed E-state index contributed by atoms with van der Waals surface area (Å²) in [7, 11) is 0. The molecule has 0 saturated carbocycles. The summed E-state index contributed by atoms with van der Waals surface area (Å²) in [5, 5.41) is 20.7. The van der Waals surface area contributed by atoms with E-state index in [-0.39, 0.29) is 5.57 Å². The number of nitrogens with zero attached hydrogens (tertiary/aromatic N) is 1. The molecule has 8 heteroatoms. The molecule has 0 fully saturated rings. The Morgan fingerprint density at radius 2 is 1.81 bits per heavy atom. The lowest BCUT2D eigenvalue weighted by molar-refractivity contribution is -0.139. The zero-order valence-corrected chi connectivity index (χ0v) is 17.1. The molecule has 0 unspecified atom stereocenters. The van der Waals surface area contributed by atoms with E-state index in [1.807, 2.05) is 36.4 Å². The second-order valence-electron chi connectivity index (χ2n) is 5.33. The van der Waals surface area contributed by atoms with E-state index in [1.165, 1.54) is 6.08 Å². The van der Waals surface area contributed by atoms with Crippen molar-refractivity contribution in [3.8, 4) is 11.8 Å². The molecular weight excluding hydrogens is 480 g/mol. The van der Waals surface area contributed by atoms with Crippen molar-refractivity contribution in [1.29, 1.82) is 5.26 Å². The second-order valence-corrected chi connectivity index (χ2v) is 7.04. The van der Waals surface area contributed by atoms with E-state index < -0.39 is 18.5 Å². The number of hydrogen-bond acceptors (Lipinski definition) is 4. The predicted octanol–water partition coefficient (Wildman–Crippen LogP) is 3.90. The van der Waals surface area contributed by atoms with Gasteiger partial charge in [-0.3, -0.25) is 4.79 Å². The van der Waals surface area contributed by atoms with E-state index in [0.29, 0.717) is 26.8 Å². The Bertz CT molecular complexity index is 898. The normalized spacial score (nSPS) is 10.8. The zero-order chi connectivity index (χ0) is 19.8. The monoisotopic (exact) mass is 492 g/mol. The van der Waals surface area contributed by atoms with Gasteiger partial charge in [-0.25, -0.2) is 4.79 Å². The van der Waals surface area contributed by atoms with Gasteiger partial charge in [0.2, 0.25) is 0 Å². The van der Waals surface area contributed by atoms with E-state index >= 15 is 0 Å². The molecule has 27 heavy (non-hydrogen) atoms. The van der Waals surface area contributed by atoms with E-state index in [4.69, 9.17) is 9.84 Å². The molecule has 0 aliphatic carbocycles. The average molecular weight is 494 g/mol. The third-order valence-corrected chi connectivity index (χ3v) is 4.51. The van der Waals surface area contributed by atoms with Crippen molar-refractivity contribution in [2.45, 2.75) is 6.54 Å². The van der Waals surface area contributed by atoms with Crippen molar-refractivity contribution >= 4 is 49.8 Å². The van der Waals surface area contributed by atoms with Gasteiger partial charge in [0.25, 0.3) is 5.91 Å². The average Bonchev–Trinajstić information content (AvgIpc) is 2.64. The van der Waals surface area contributed by atoms with E-state index in [2.05, 4.69) is 37.2 Å². The molecule has 0 aliphatic heterocycles. The van der Waals surface area contributed by atoms with Gasteiger partial charge < -0.3 is 15.2 Å². The van der Waals surface area contributed by atoms with Crippen LogP contribution in [0.1, 0.15) is 11.1 Å². The van der Waals surface area contributed by atoms with Crippen LogP contribution in [0, 0.1) is 11.3 Å². The minimum atomic E-state index is -1.10. The Balaban J connectivity index is 2.15. The maximum atomic E-state index is 12.3. The van der Waals surface area contributed by atoms with Gasteiger partial charge in [0.15, 0.2) is 6.61 Å². The number of benzene rings is 2. The molecule has 0 atom stereocenters. The number of rotatable bonds is 7. The number of carboxylic acid groups (broad SMARTS) is 1. The van der Waals surface area contributed by atoms with Crippen LogP contribution in [0.15, 0.2) is 57.0 Å². The Hall–Kier alpha value is -2.63. The third-order valence-electron chi connectivity index (χ3n) is 3.33. The summed E-state index contributed by atoms with van der Waals surface area (Å²) in [6.45, 7) is -0.175. The highest BCUT2D eigenvalue weighted by atomic mass is 79.9. The van der Waals surface area contributed by atoms with Crippen LogP contribution >= 0.6 is 31.9 Å². The highest BCUT2D eigenvalue weighted by Crippen LogP contribution is 2.35. The molecule has 6 nitrogen and oxygen atoms in total. The molecule has 1 amide bonds. The lowest BCUT2D eigenvalue weighted by Crippen LogP contribution is -2.23. The molecule has 2 aromatic rings. The molecule has 0 bridgehead atoms. The van der Waals surface area contributed by atoms with Gasteiger partial charge >= 0.3 is 5.97 Å². The van der Waals surface area contributed by atoms with Crippen LogP contribution in [0.25, 0.3) is 6.08 Å². The van der Waals surface area contributed by atoms with Crippen LogP contribution in [0.5, 0.6) is 5.75 Å². The first-order valence-electron chi connectivity index (χ1n) is 7.68. The summed E-state index contributed by atoms with van der Waals surface area (Å²) in [6.07, 6.45) is 1.44. The van der Waals surface area contributed by atoms with Crippen LogP contribution in [0.4, 0.5) is 0 Å². The molecule has 138 valence electrons. The predicted molar refractivity (Wildman–Crippen MR) is 107 cm³/mol. The number of carbonyl (C=O) groups excluding carboxylic acids is 1. The summed E-state index contributed by atoms with van der Waals surface area (Å²) in [5.74, 6) is -1.26. The number of nitrogens with one attached hydrogen (secondary N) is 1. The molecule has 0 saturated heterocycles. The fourth-order valence-electron chi connectivity index (χ4n) is 2.12. The van der Waals surface area contributed by atoms with Gasteiger partial charge in [0.05, 0.1) is 8.95 Å². The fraction of sp³-hybridized carbons (Fsp3) is 0.105. The van der Waals surface area contributed by atoms with Crippen molar-refractivity contribution < 1.29 is 19.4 Å². The molecule has 0 aliphatic rings. The number of nitriles is 1. The Labute approximate surface area is 172 Å². The highest BCUT2D eigenvalue weighted by Gasteiger charge is 2.13. The van der Waals surface area contributed by atoms with Crippen LogP contribution in [0.2, 0.25) is 0 Å². The van der Waals surface area contributed by atoms with E-state index in [1.54, 1.807) is 12.1 Å². The van der Waals surface area contributed by atoms with Crippen molar-refractivity contribution in [2.75, 3.05) is 6.61 Å². The number of amides is 1. The van der Waals surface area contributed by atoms with E-state index in [0.717, 1.165) is 5.56 Å². The summed E-state index contributed by atoms with van der Waals surface area (Å²) in [6, 6.07) is 14.5. The SMILES string of the molecule is N#C/C(=C/c1cc(Br)c(OCC(=O)O)c(Br)c1)C(=O)NCc1ccccc1. The Morgan fingerprint density at radius 3 is 2.37 bits per heavy atom. The Kier molecular flexibility index (Phi) is 7.58. The second kappa shape index (κ2) is 9.90. The summed E-state index contributed by atoms with van der Waals surface area (Å²) < 4.78 is 6.18. The van der Waals surface area contributed by atoms with Crippen LogP contribution in [-0.2, 0) is 16.1 Å². The van der Waals surface area contributed by atoms with Crippen molar-refractivity contribution in [3.63, 3.8) is 0 Å². The summed E-state index contributed by atoms with van der Waals surface area (Å²) >= 11 is 6.60. The number of aliphatic carboxylic acids is 1. The Morgan fingerprint density at radius 1 is 1.19 bits per heavy atom. The summed E-state index contributed by atoms with van der Waals surface area (Å²) in [5.41, 5.74) is 1.44. The lowest BCUT2D eigenvalue weighted by Gasteiger charge is -2.10. The molecule has 0 aromatic heterocycles. The number of carbonyl (C=O) groups is 2. The van der Waals surface area contributed by atoms with Crippen LogP contribution < -0.4 is 10.1 Å². The van der Waals surface area contributed by atoms with Gasteiger partial charge in [-0.05, 0) is 61.2 Å². The van der Waals surface area contributed by atoms with Crippen molar-refractivity contribution in [3.05, 3.63) is 68.1 Å². The molecule has 2 aromatic carbocycles. The topological polar surface area (TPSA) is 99.4 Å². The number of carboxylic acids is 1. The molecule has 0 spiro atoms. The maximum Gasteiger partial charge on any atom is 0.341 e.